The molecule has 3 N–H and O–H groups in total. The zero-order chi connectivity index (χ0) is 51.3. The number of hydrogen-bond acceptors (Lipinski definition) is 13. The molecule has 0 saturated carbocycles. The molecule has 4 amide bonds. The fourth-order valence-corrected chi connectivity index (χ4v) is 9.39. The van der Waals surface area contributed by atoms with Crippen LogP contribution in [0.5, 0.6) is 5.88 Å². The van der Waals surface area contributed by atoms with Crippen LogP contribution in [0.4, 0.5) is 28.9 Å². The minimum Gasteiger partial charge on any atom is -0.477 e. The SMILES string of the molecule is Cc1cc(N2C(=S)N(c3ccc(C#N)c(C(F)(F)F)c3F)C(=O)C2(C)C)cnc1OCCCOCCOCC(=O)N[C@H](C(=O)N1C[C@H](O)C[C@H]1C(=O)NCc1ccc(-c2scnc2C)cc1)C(C)(C)C. The molecule has 0 spiro atoms. The highest BCUT2D eigenvalue weighted by atomic mass is 32.1. The van der Waals surface area contributed by atoms with Crippen LogP contribution in [0.25, 0.3) is 10.4 Å². The summed E-state index contributed by atoms with van der Waals surface area (Å²) in [6.45, 7) is 12.4. The van der Waals surface area contributed by atoms with Gasteiger partial charge in [-0.25, -0.2) is 14.4 Å². The summed E-state index contributed by atoms with van der Waals surface area (Å²) in [6, 6.07) is 10.4. The van der Waals surface area contributed by atoms with Crippen molar-refractivity contribution in [3.8, 4) is 22.4 Å². The number of alkyl halides is 3. The van der Waals surface area contributed by atoms with E-state index in [-0.39, 0.29) is 63.5 Å². The number of aryl methyl sites for hydroxylation is 2. The van der Waals surface area contributed by atoms with Crippen LogP contribution in [0.2, 0.25) is 0 Å². The van der Waals surface area contributed by atoms with Crippen LogP contribution in [0.15, 0.2) is 54.2 Å². The van der Waals surface area contributed by atoms with Crippen molar-refractivity contribution in [2.24, 2.45) is 5.41 Å². The van der Waals surface area contributed by atoms with Gasteiger partial charge in [-0.15, -0.1) is 11.3 Å². The Morgan fingerprint density at radius 1 is 1.04 bits per heavy atom. The molecule has 16 nitrogen and oxygen atoms in total. The number of nitriles is 1. The maximum absolute atomic E-state index is 15.4. The minimum absolute atomic E-state index is 0.0548. The van der Waals surface area contributed by atoms with E-state index in [4.69, 9.17) is 26.4 Å². The second-order valence-corrected chi connectivity index (χ2v) is 19.6. The maximum Gasteiger partial charge on any atom is 0.420 e. The number of thiocarbonyl (C=S) groups is 1. The highest BCUT2D eigenvalue weighted by Gasteiger charge is 2.52. The van der Waals surface area contributed by atoms with Gasteiger partial charge in [0.2, 0.25) is 23.6 Å². The molecule has 0 aliphatic carbocycles. The molecule has 22 heteroatoms. The maximum atomic E-state index is 15.4. The Morgan fingerprint density at radius 2 is 1.74 bits per heavy atom. The number of carbonyl (C=O) groups excluding carboxylic acids is 4. The van der Waals surface area contributed by atoms with E-state index in [0.717, 1.165) is 33.8 Å². The number of aliphatic hydroxyl groups is 1. The number of thiazole rings is 1. The second kappa shape index (κ2) is 21.9. The average Bonchev–Trinajstić information content (AvgIpc) is 3.96. The molecule has 374 valence electrons. The van der Waals surface area contributed by atoms with Crippen molar-refractivity contribution in [1.29, 1.82) is 5.26 Å². The van der Waals surface area contributed by atoms with Crippen LogP contribution in [0.3, 0.4) is 0 Å². The number of ether oxygens (including phenoxy) is 3. The Hall–Kier alpha value is -6.12. The topological polar surface area (TPSA) is 200 Å². The fraction of sp³-hybridized carbons (Fsp3) is 0.458. The summed E-state index contributed by atoms with van der Waals surface area (Å²) in [6.07, 6.45) is -4.26. The van der Waals surface area contributed by atoms with E-state index in [1.54, 1.807) is 50.6 Å². The zero-order valence-corrected chi connectivity index (χ0v) is 41.2. The van der Waals surface area contributed by atoms with Gasteiger partial charge < -0.3 is 39.8 Å². The minimum atomic E-state index is -5.21. The number of β-amino-alcohol motifs (C(OH)–C–C–N with tert-alkyl or cyclic N) is 1. The van der Waals surface area contributed by atoms with Crippen molar-refractivity contribution in [2.45, 2.75) is 97.8 Å². The smallest absolute Gasteiger partial charge is 0.420 e. The molecule has 2 fully saturated rings. The summed E-state index contributed by atoms with van der Waals surface area (Å²) in [4.78, 5) is 67.1. The first-order valence-electron chi connectivity index (χ1n) is 22.2. The van der Waals surface area contributed by atoms with Crippen molar-refractivity contribution in [3.63, 3.8) is 0 Å². The standard InChI is InChI=1S/C48H54F4N8O8S2/c1-27-19-32(60-45(69)59(44(65)47(60,6)7)34-14-13-31(21-53)37(38(34)49)48(50,51)52)23-55-42(27)68-16-8-15-66-17-18-67-25-36(62)57-40(46(3,4)5)43(64)58-24-33(61)20-35(58)41(63)54-22-29-9-11-30(12-10-29)39-28(2)56-26-70-39/h9-14,19,23,26,33,35,40,61H,8,15-18,20,22,24-25H2,1-7H3,(H,54,63)(H,57,62)/t33-,35+,40-/m1/s1. The predicted molar refractivity (Wildman–Crippen MR) is 255 cm³/mol. The van der Waals surface area contributed by atoms with Crippen LogP contribution in [-0.4, -0.2) is 112 Å². The van der Waals surface area contributed by atoms with Gasteiger partial charge in [0.25, 0.3) is 5.91 Å². The normalized spacial score (nSPS) is 17.4. The van der Waals surface area contributed by atoms with Crippen molar-refractivity contribution >= 4 is 63.7 Å². The number of rotatable bonds is 18. The Balaban J connectivity index is 0.923. The predicted octanol–water partition coefficient (Wildman–Crippen LogP) is 6.38. The number of hydrogen-bond donors (Lipinski definition) is 3. The zero-order valence-electron chi connectivity index (χ0n) is 39.6. The van der Waals surface area contributed by atoms with Gasteiger partial charge in [0.15, 0.2) is 10.9 Å². The molecule has 3 atom stereocenters. The van der Waals surface area contributed by atoms with Gasteiger partial charge in [0.05, 0.1) is 71.2 Å². The van der Waals surface area contributed by atoms with Gasteiger partial charge >= 0.3 is 6.18 Å². The number of benzene rings is 2. The molecule has 2 aromatic heterocycles. The second-order valence-electron chi connectivity index (χ2n) is 18.4. The third-order valence-electron chi connectivity index (χ3n) is 11.7. The number of halogens is 4. The molecule has 2 aromatic carbocycles. The third-order valence-corrected chi connectivity index (χ3v) is 13.0. The van der Waals surface area contributed by atoms with E-state index in [9.17, 15) is 42.7 Å². The number of aliphatic hydroxyl groups excluding tert-OH is 1. The van der Waals surface area contributed by atoms with Gasteiger partial charge in [-0.1, -0.05) is 45.0 Å². The number of anilines is 2. The summed E-state index contributed by atoms with van der Waals surface area (Å²) < 4.78 is 73.7. The molecular formula is C48H54F4N8O8S2. The molecule has 2 saturated heterocycles. The number of carbonyl (C=O) groups is 4. The summed E-state index contributed by atoms with van der Waals surface area (Å²) in [5.74, 6) is -3.80. The lowest BCUT2D eigenvalue weighted by molar-refractivity contribution is -0.144. The third kappa shape index (κ3) is 11.9. The van der Waals surface area contributed by atoms with E-state index in [1.807, 2.05) is 31.2 Å². The van der Waals surface area contributed by atoms with Crippen LogP contribution in [0.1, 0.15) is 75.4 Å². The lowest BCUT2D eigenvalue weighted by Gasteiger charge is -2.35. The average molecular weight is 1010 g/mol. The molecule has 0 radical (unpaired) electrons. The number of nitrogens with one attached hydrogen (secondary N) is 2. The van der Waals surface area contributed by atoms with Crippen LogP contribution >= 0.6 is 23.6 Å². The number of amides is 4. The quantitative estimate of drug-likeness (QED) is 0.0564. The van der Waals surface area contributed by atoms with E-state index in [1.165, 1.54) is 35.9 Å². The van der Waals surface area contributed by atoms with Gasteiger partial charge in [-0.05, 0) is 74.7 Å². The highest BCUT2D eigenvalue weighted by Crippen LogP contribution is 2.42. The van der Waals surface area contributed by atoms with E-state index in [2.05, 4.69) is 20.6 Å². The summed E-state index contributed by atoms with van der Waals surface area (Å²) in [5.41, 5.74) is -0.245. The first-order chi connectivity index (χ1) is 32.9. The molecule has 70 heavy (non-hydrogen) atoms. The Bertz CT molecular complexity index is 2650. The van der Waals surface area contributed by atoms with Crippen LogP contribution in [0, 0.1) is 36.4 Å². The van der Waals surface area contributed by atoms with Gasteiger partial charge in [-0.3, -0.25) is 24.1 Å². The first kappa shape index (κ1) is 53.2. The Morgan fingerprint density at radius 3 is 2.37 bits per heavy atom. The van der Waals surface area contributed by atoms with Crippen molar-refractivity contribution in [1.82, 2.24) is 25.5 Å². The molecule has 2 aliphatic heterocycles. The van der Waals surface area contributed by atoms with Gasteiger partial charge in [0, 0.05) is 38.1 Å². The number of likely N-dealkylation sites (tertiary alicyclic amines) is 1. The number of nitrogens with zero attached hydrogens (tertiary/aromatic N) is 6. The van der Waals surface area contributed by atoms with E-state index < -0.39 is 81.6 Å². The summed E-state index contributed by atoms with van der Waals surface area (Å²) >= 11 is 7.07. The van der Waals surface area contributed by atoms with Gasteiger partial charge in [-0.2, -0.15) is 18.4 Å². The number of pyridine rings is 1. The molecule has 0 unspecified atom stereocenters. The molecule has 4 aromatic rings. The molecule has 4 heterocycles. The van der Waals surface area contributed by atoms with E-state index in [0.29, 0.717) is 22.6 Å². The lowest BCUT2D eigenvalue weighted by Crippen LogP contribution is -2.58. The molecule has 6 rings (SSSR count). The number of aromatic nitrogens is 2. The van der Waals surface area contributed by atoms with E-state index >= 15 is 4.39 Å². The summed E-state index contributed by atoms with van der Waals surface area (Å²) in [5, 5.41) is 25.1. The van der Waals surface area contributed by atoms with Crippen molar-refractivity contribution in [2.75, 3.05) is 49.4 Å². The molecular weight excluding hydrogens is 957 g/mol. The summed E-state index contributed by atoms with van der Waals surface area (Å²) in [7, 11) is 0. The van der Waals surface area contributed by atoms with Crippen molar-refractivity contribution < 1.29 is 56.1 Å². The van der Waals surface area contributed by atoms with Crippen LogP contribution < -0.4 is 25.2 Å². The molecule has 2 aliphatic rings. The molecule has 0 bridgehead atoms. The monoisotopic (exact) mass is 1010 g/mol. The first-order valence-corrected chi connectivity index (χ1v) is 23.5. The Kier molecular flexibility index (Phi) is 16.6. The van der Waals surface area contributed by atoms with Gasteiger partial charge in [0.1, 0.15) is 29.8 Å². The van der Waals surface area contributed by atoms with Crippen LogP contribution in [-0.2, 0) is 41.4 Å². The van der Waals surface area contributed by atoms with Crippen molar-refractivity contribution in [3.05, 3.63) is 87.9 Å². The Labute approximate surface area is 411 Å². The highest BCUT2D eigenvalue weighted by molar-refractivity contribution is 7.81. The largest absolute Gasteiger partial charge is 0.477 e. The lowest BCUT2D eigenvalue weighted by atomic mass is 9.85. The fourth-order valence-electron chi connectivity index (χ4n) is 8.07.